The number of amides is 2. The number of unbranched alkanes of at least 4 members (excludes halogenated alkanes) is 1. The van der Waals surface area contributed by atoms with Crippen LogP contribution in [-0.2, 0) is 9.59 Å². The van der Waals surface area contributed by atoms with E-state index in [-0.39, 0.29) is 11.8 Å². The van der Waals surface area contributed by atoms with Crippen LogP contribution in [0.15, 0.2) is 60.7 Å². The second kappa shape index (κ2) is 11.8. The average Bonchev–Trinajstić information content (AvgIpc) is 2.87. The van der Waals surface area contributed by atoms with Crippen LogP contribution in [0.25, 0.3) is 0 Å². The SMILES string of the molecule is O=C(NCCCCN1CCN(c2ccccc2)CC1)C(c1ccccc1)N1CCCCC1=O. The Kier molecular flexibility index (Phi) is 8.36. The molecule has 2 saturated heterocycles. The summed E-state index contributed by atoms with van der Waals surface area (Å²) in [5, 5.41) is 3.11. The molecular formula is C27H36N4O2. The predicted octanol–water partition coefficient (Wildman–Crippen LogP) is 3.46. The van der Waals surface area contributed by atoms with E-state index in [0.717, 1.165) is 64.0 Å². The number of piperidine rings is 1. The Balaban J connectivity index is 1.20. The zero-order valence-electron chi connectivity index (χ0n) is 19.5. The molecule has 2 aliphatic heterocycles. The van der Waals surface area contributed by atoms with E-state index < -0.39 is 6.04 Å². The first-order valence-electron chi connectivity index (χ1n) is 12.4. The third-order valence-electron chi connectivity index (χ3n) is 6.73. The van der Waals surface area contributed by atoms with Crippen LogP contribution in [0.5, 0.6) is 0 Å². The topological polar surface area (TPSA) is 55.9 Å². The Hall–Kier alpha value is -2.86. The number of anilines is 1. The van der Waals surface area contributed by atoms with Crippen LogP contribution in [0, 0.1) is 0 Å². The maximum Gasteiger partial charge on any atom is 0.247 e. The minimum Gasteiger partial charge on any atom is -0.369 e. The van der Waals surface area contributed by atoms with E-state index in [1.807, 2.05) is 30.3 Å². The number of carbonyl (C=O) groups is 2. The molecule has 6 nitrogen and oxygen atoms in total. The Bertz CT molecular complexity index is 882. The standard InChI is InChI=1S/C27H36N4O2/c32-25-15-7-9-18-31(25)26(23-11-3-1-4-12-23)27(33)28-16-8-10-17-29-19-21-30(22-20-29)24-13-5-2-6-14-24/h1-6,11-14,26H,7-10,15-22H2,(H,28,33). The van der Waals surface area contributed by atoms with Gasteiger partial charge in [-0.25, -0.2) is 0 Å². The van der Waals surface area contributed by atoms with Crippen LogP contribution in [0.3, 0.4) is 0 Å². The normalized spacial score (nSPS) is 18.2. The van der Waals surface area contributed by atoms with Crippen LogP contribution in [0.1, 0.15) is 43.7 Å². The van der Waals surface area contributed by atoms with Crippen LogP contribution in [0.2, 0.25) is 0 Å². The van der Waals surface area contributed by atoms with Gasteiger partial charge in [0.25, 0.3) is 0 Å². The summed E-state index contributed by atoms with van der Waals surface area (Å²) >= 11 is 0. The first-order valence-corrected chi connectivity index (χ1v) is 12.4. The van der Waals surface area contributed by atoms with Gasteiger partial charge in [-0.05, 0) is 49.9 Å². The number of rotatable bonds is 9. The molecule has 2 fully saturated rings. The number of hydrogen-bond donors (Lipinski definition) is 1. The van der Waals surface area contributed by atoms with Crippen LogP contribution >= 0.6 is 0 Å². The smallest absolute Gasteiger partial charge is 0.247 e. The maximum atomic E-state index is 13.1. The molecule has 0 aromatic heterocycles. The number of para-hydroxylation sites is 1. The van der Waals surface area contributed by atoms with E-state index in [1.165, 1.54) is 5.69 Å². The lowest BCUT2D eigenvalue weighted by atomic mass is 10.0. The van der Waals surface area contributed by atoms with E-state index in [9.17, 15) is 9.59 Å². The Morgan fingerprint density at radius 1 is 0.848 bits per heavy atom. The summed E-state index contributed by atoms with van der Waals surface area (Å²) in [6.45, 7) is 6.63. The van der Waals surface area contributed by atoms with Crippen molar-refractivity contribution in [2.45, 2.75) is 38.1 Å². The van der Waals surface area contributed by atoms with Gasteiger partial charge in [0.2, 0.25) is 11.8 Å². The number of piperazine rings is 1. The molecule has 2 aromatic carbocycles. The first-order chi connectivity index (χ1) is 16.2. The van der Waals surface area contributed by atoms with Gasteiger partial charge in [0.15, 0.2) is 0 Å². The highest BCUT2D eigenvalue weighted by atomic mass is 16.2. The highest BCUT2D eigenvalue weighted by Crippen LogP contribution is 2.25. The second-order valence-corrected chi connectivity index (χ2v) is 9.02. The van der Waals surface area contributed by atoms with E-state index >= 15 is 0 Å². The number of likely N-dealkylation sites (tertiary alicyclic amines) is 1. The van der Waals surface area contributed by atoms with Crippen molar-refractivity contribution in [3.8, 4) is 0 Å². The predicted molar refractivity (Wildman–Crippen MR) is 132 cm³/mol. The van der Waals surface area contributed by atoms with Crippen molar-refractivity contribution in [1.29, 1.82) is 0 Å². The number of nitrogens with one attached hydrogen (secondary N) is 1. The van der Waals surface area contributed by atoms with Crippen molar-refractivity contribution in [2.24, 2.45) is 0 Å². The number of nitrogens with zero attached hydrogens (tertiary/aromatic N) is 3. The number of benzene rings is 2. The summed E-state index contributed by atoms with van der Waals surface area (Å²) < 4.78 is 0. The zero-order chi connectivity index (χ0) is 22.9. The molecule has 0 aliphatic carbocycles. The molecule has 1 unspecified atom stereocenters. The summed E-state index contributed by atoms with van der Waals surface area (Å²) in [6, 6.07) is 19.8. The van der Waals surface area contributed by atoms with Gasteiger partial charge in [-0.2, -0.15) is 0 Å². The summed E-state index contributed by atoms with van der Waals surface area (Å²) in [5.41, 5.74) is 2.20. The van der Waals surface area contributed by atoms with Crippen LogP contribution < -0.4 is 10.2 Å². The summed E-state index contributed by atoms with van der Waals surface area (Å²) in [6.07, 6.45) is 4.41. The van der Waals surface area contributed by atoms with Crippen molar-refractivity contribution in [3.05, 3.63) is 66.2 Å². The lowest BCUT2D eigenvalue weighted by Crippen LogP contribution is -2.47. The molecule has 2 heterocycles. The van der Waals surface area contributed by atoms with E-state index in [2.05, 4.69) is 45.4 Å². The third-order valence-corrected chi connectivity index (χ3v) is 6.73. The highest BCUT2D eigenvalue weighted by molar-refractivity contribution is 5.89. The van der Waals surface area contributed by atoms with Gasteiger partial charge in [0.05, 0.1) is 0 Å². The van der Waals surface area contributed by atoms with Gasteiger partial charge in [0, 0.05) is 51.4 Å². The zero-order valence-corrected chi connectivity index (χ0v) is 19.5. The minimum absolute atomic E-state index is 0.0621. The van der Waals surface area contributed by atoms with E-state index in [4.69, 9.17) is 0 Å². The van der Waals surface area contributed by atoms with Crippen molar-refractivity contribution in [3.63, 3.8) is 0 Å². The van der Waals surface area contributed by atoms with E-state index in [0.29, 0.717) is 19.5 Å². The van der Waals surface area contributed by atoms with Gasteiger partial charge >= 0.3 is 0 Å². The first kappa shape index (κ1) is 23.3. The molecule has 4 rings (SSSR count). The van der Waals surface area contributed by atoms with Crippen LogP contribution in [0.4, 0.5) is 5.69 Å². The van der Waals surface area contributed by atoms with Gasteiger partial charge in [-0.15, -0.1) is 0 Å². The lowest BCUT2D eigenvalue weighted by molar-refractivity contribution is -0.142. The molecule has 2 aliphatic rings. The lowest BCUT2D eigenvalue weighted by Gasteiger charge is -2.36. The molecule has 2 amide bonds. The summed E-state index contributed by atoms with van der Waals surface area (Å²) in [7, 11) is 0. The number of carbonyl (C=O) groups excluding carboxylic acids is 2. The van der Waals surface area contributed by atoms with E-state index in [1.54, 1.807) is 4.90 Å². The van der Waals surface area contributed by atoms with Crippen molar-refractivity contribution in [2.75, 3.05) is 50.7 Å². The van der Waals surface area contributed by atoms with Crippen molar-refractivity contribution in [1.82, 2.24) is 15.1 Å². The Labute approximate surface area is 197 Å². The molecule has 0 radical (unpaired) electrons. The molecule has 1 atom stereocenters. The molecule has 0 bridgehead atoms. The molecule has 0 spiro atoms. The summed E-state index contributed by atoms with van der Waals surface area (Å²) in [5.74, 6) is 0.0211. The summed E-state index contributed by atoms with van der Waals surface area (Å²) in [4.78, 5) is 32.3. The maximum absolute atomic E-state index is 13.1. The Morgan fingerprint density at radius 3 is 2.24 bits per heavy atom. The van der Waals surface area contributed by atoms with Crippen molar-refractivity contribution < 1.29 is 9.59 Å². The fourth-order valence-electron chi connectivity index (χ4n) is 4.85. The molecular weight excluding hydrogens is 412 g/mol. The monoisotopic (exact) mass is 448 g/mol. The number of hydrogen-bond acceptors (Lipinski definition) is 4. The highest BCUT2D eigenvalue weighted by Gasteiger charge is 2.32. The van der Waals surface area contributed by atoms with Gasteiger partial charge < -0.3 is 15.1 Å². The average molecular weight is 449 g/mol. The second-order valence-electron chi connectivity index (χ2n) is 9.02. The fourth-order valence-corrected chi connectivity index (χ4v) is 4.85. The Morgan fingerprint density at radius 2 is 1.55 bits per heavy atom. The minimum atomic E-state index is -0.523. The molecule has 176 valence electrons. The van der Waals surface area contributed by atoms with Gasteiger partial charge in [-0.3, -0.25) is 14.5 Å². The molecule has 2 aromatic rings. The van der Waals surface area contributed by atoms with Crippen LogP contribution in [-0.4, -0.2) is 67.4 Å². The molecule has 0 saturated carbocycles. The third kappa shape index (κ3) is 6.35. The van der Waals surface area contributed by atoms with Gasteiger partial charge in [0.1, 0.15) is 6.04 Å². The fraction of sp³-hybridized carbons (Fsp3) is 0.481. The van der Waals surface area contributed by atoms with Gasteiger partial charge in [-0.1, -0.05) is 48.5 Å². The van der Waals surface area contributed by atoms with Crippen molar-refractivity contribution >= 4 is 17.5 Å². The quantitative estimate of drug-likeness (QED) is 0.597. The molecule has 6 heteroatoms. The molecule has 1 N–H and O–H groups in total. The largest absolute Gasteiger partial charge is 0.369 e. The molecule has 33 heavy (non-hydrogen) atoms.